The van der Waals surface area contributed by atoms with E-state index in [9.17, 15) is 9.90 Å². The van der Waals surface area contributed by atoms with Crippen molar-refractivity contribution in [3.63, 3.8) is 0 Å². The van der Waals surface area contributed by atoms with Gasteiger partial charge in [-0.2, -0.15) is 0 Å². The molecule has 0 aromatic heterocycles. The Morgan fingerprint density at radius 1 is 1.23 bits per heavy atom. The van der Waals surface area contributed by atoms with Crippen LogP contribution in [-0.2, 0) is 4.79 Å². The molecular weight excluding hydrogens is 394 g/mol. The molecule has 4 nitrogen and oxygen atoms in total. The smallest absolute Gasteiger partial charge is 0.320 e. The first-order valence-corrected chi connectivity index (χ1v) is 9.69. The average molecular weight is 418 g/mol. The zero-order valence-corrected chi connectivity index (χ0v) is 16.7. The fourth-order valence-corrected chi connectivity index (χ4v) is 4.24. The summed E-state index contributed by atoms with van der Waals surface area (Å²) in [4.78, 5) is 14.1. The normalized spacial score (nSPS) is 19.1. The number of methoxy groups -OCH3 is 1. The van der Waals surface area contributed by atoms with Crippen molar-refractivity contribution in [2.75, 3.05) is 13.7 Å². The molecule has 1 saturated heterocycles. The number of aryl methyl sites for hydroxylation is 1. The van der Waals surface area contributed by atoms with Gasteiger partial charge in [-0.25, -0.2) is 0 Å². The number of halogens is 1. The van der Waals surface area contributed by atoms with Gasteiger partial charge < -0.3 is 9.84 Å². The van der Waals surface area contributed by atoms with Crippen molar-refractivity contribution in [3.8, 4) is 5.75 Å². The maximum absolute atomic E-state index is 12.0. The van der Waals surface area contributed by atoms with E-state index in [4.69, 9.17) is 4.74 Å². The number of carboxylic acids is 1. The molecule has 138 valence electrons. The molecule has 1 aliphatic heterocycles. The average Bonchev–Trinajstić information content (AvgIpc) is 2.64. The highest BCUT2D eigenvalue weighted by Crippen LogP contribution is 2.40. The van der Waals surface area contributed by atoms with Crippen LogP contribution < -0.4 is 4.74 Å². The first-order chi connectivity index (χ1) is 12.5. The number of likely N-dealkylation sites (tertiary alicyclic amines) is 1. The van der Waals surface area contributed by atoms with Gasteiger partial charge in [0.1, 0.15) is 11.8 Å². The summed E-state index contributed by atoms with van der Waals surface area (Å²) in [7, 11) is 1.66. The molecule has 2 aromatic rings. The van der Waals surface area contributed by atoms with Crippen LogP contribution in [0.5, 0.6) is 5.75 Å². The monoisotopic (exact) mass is 417 g/mol. The number of ether oxygens (including phenoxy) is 1. The summed E-state index contributed by atoms with van der Waals surface area (Å²) < 4.78 is 6.59. The minimum atomic E-state index is -0.753. The first kappa shape index (κ1) is 18.9. The predicted molar refractivity (Wildman–Crippen MR) is 106 cm³/mol. The van der Waals surface area contributed by atoms with Crippen molar-refractivity contribution in [3.05, 3.63) is 63.6 Å². The second-order valence-corrected chi connectivity index (χ2v) is 7.65. The van der Waals surface area contributed by atoms with Crippen LogP contribution in [0.15, 0.2) is 46.9 Å². The molecule has 3 rings (SSSR count). The minimum Gasteiger partial charge on any atom is -0.496 e. The van der Waals surface area contributed by atoms with Crippen LogP contribution in [-0.4, -0.2) is 35.7 Å². The van der Waals surface area contributed by atoms with Gasteiger partial charge in [0, 0.05) is 10.0 Å². The lowest BCUT2D eigenvalue weighted by Gasteiger charge is -2.40. The van der Waals surface area contributed by atoms with E-state index in [1.807, 2.05) is 30.3 Å². The highest BCUT2D eigenvalue weighted by molar-refractivity contribution is 9.10. The van der Waals surface area contributed by atoms with Crippen LogP contribution >= 0.6 is 15.9 Å². The third-order valence-electron chi connectivity index (χ3n) is 5.13. The molecule has 2 aromatic carbocycles. The van der Waals surface area contributed by atoms with Gasteiger partial charge in [-0.3, -0.25) is 9.69 Å². The van der Waals surface area contributed by atoms with Crippen molar-refractivity contribution in [2.45, 2.75) is 38.3 Å². The zero-order chi connectivity index (χ0) is 18.7. The quantitative estimate of drug-likeness (QED) is 0.759. The predicted octanol–water partition coefficient (Wildman–Crippen LogP) is 4.79. The third kappa shape index (κ3) is 3.79. The van der Waals surface area contributed by atoms with E-state index in [1.165, 1.54) is 0 Å². The largest absolute Gasteiger partial charge is 0.496 e. The van der Waals surface area contributed by atoms with Crippen molar-refractivity contribution in [1.82, 2.24) is 4.90 Å². The standard InChI is InChI=1S/C21H24BrNO3/c1-14-7-3-4-8-16(14)20(17-13-15(22)10-11-19(17)26-2)23-12-6-5-9-18(23)21(24)25/h3-4,7-8,10-11,13,18,20H,5-6,9,12H2,1-2H3,(H,24,25). The lowest BCUT2D eigenvalue weighted by Crippen LogP contribution is -2.47. The molecule has 1 heterocycles. The Morgan fingerprint density at radius 3 is 2.69 bits per heavy atom. The van der Waals surface area contributed by atoms with E-state index >= 15 is 0 Å². The molecule has 1 fully saturated rings. The van der Waals surface area contributed by atoms with Crippen LogP contribution in [0.25, 0.3) is 0 Å². The van der Waals surface area contributed by atoms with Crippen molar-refractivity contribution in [2.24, 2.45) is 0 Å². The number of carboxylic acid groups (broad SMARTS) is 1. The molecule has 2 unspecified atom stereocenters. The van der Waals surface area contributed by atoms with Gasteiger partial charge >= 0.3 is 5.97 Å². The molecule has 0 amide bonds. The Kier molecular flexibility index (Phi) is 5.99. The number of carbonyl (C=O) groups is 1. The van der Waals surface area contributed by atoms with E-state index in [2.05, 4.69) is 39.9 Å². The third-order valence-corrected chi connectivity index (χ3v) is 5.62. The van der Waals surface area contributed by atoms with E-state index in [0.717, 1.165) is 46.3 Å². The zero-order valence-electron chi connectivity index (χ0n) is 15.1. The Balaban J connectivity index is 2.19. The summed E-state index contributed by atoms with van der Waals surface area (Å²) in [5.41, 5.74) is 3.26. The number of nitrogens with zero attached hydrogens (tertiary/aromatic N) is 1. The summed E-state index contributed by atoms with van der Waals surface area (Å²) in [5.74, 6) is 0.0217. The van der Waals surface area contributed by atoms with Crippen LogP contribution in [0, 0.1) is 6.92 Å². The van der Waals surface area contributed by atoms with Crippen LogP contribution in [0.4, 0.5) is 0 Å². The van der Waals surface area contributed by atoms with E-state index in [-0.39, 0.29) is 6.04 Å². The number of hydrogen-bond donors (Lipinski definition) is 1. The van der Waals surface area contributed by atoms with Gasteiger partial charge in [-0.15, -0.1) is 0 Å². The fourth-order valence-electron chi connectivity index (χ4n) is 3.87. The van der Waals surface area contributed by atoms with Crippen molar-refractivity contribution < 1.29 is 14.6 Å². The van der Waals surface area contributed by atoms with Crippen LogP contribution in [0.3, 0.4) is 0 Å². The number of aliphatic carboxylic acids is 1. The summed E-state index contributed by atoms with van der Waals surface area (Å²) in [6.45, 7) is 2.83. The molecule has 1 aliphatic rings. The minimum absolute atomic E-state index is 0.162. The van der Waals surface area contributed by atoms with E-state index in [0.29, 0.717) is 6.42 Å². The summed E-state index contributed by atoms with van der Waals surface area (Å²) >= 11 is 3.56. The van der Waals surface area contributed by atoms with Gasteiger partial charge in [-0.1, -0.05) is 46.6 Å². The Hall–Kier alpha value is -1.85. The topological polar surface area (TPSA) is 49.8 Å². The maximum atomic E-state index is 12.0. The number of rotatable bonds is 5. The summed E-state index contributed by atoms with van der Waals surface area (Å²) in [5, 5.41) is 9.82. The van der Waals surface area contributed by atoms with Gasteiger partial charge in [0.2, 0.25) is 0 Å². The molecule has 0 aliphatic carbocycles. The SMILES string of the molecule is COc1ccc(Br)cc1C(c1ccccc1C)N1CCCCC1C(=O)O. The molecule has 0 saturated carbocycles. The van der Waals surface area contributed by atoms with Crippen molar-refractivity contribution in [1.29, 1.82) is 0 Å². The van der Waals surface area contributed by atoms with E-state index in [1.54, 1.807) is 7.11 Å². The molecule has 0 radical (unpaired) electrons. The summed E-state index contributed by atoms with van der Waals surface area (Å²) in [6.07, 6.45) is 2.63. The molecule has 1 N–H and O–H groups in total. The lowest BCUT2D eigenvalue weighted by molar-refractivity contribution is -0.145. The lowest BCUT2D eigenvalue weighted by atomic mass is 9.89. The Bertz CT molecular complexity index is 793. The number of benzene rings is 2. The number of piperidine rings is 1. The second kappa shape index (κ2) is 8.23. The van der Waals surface area contributed by atoms with Crippen LogP contribution in [0.1, 0.15) is 42.0 Å². The molecule has 0 bridgehead atoms. The molecule has 2 atom stereocenters. The maximum Gasteiger partial charge on any atom is 0.320 e. The Labute approximate surface area is 162 Å². The molecule has 0 spiro atoms. The van der Waals surface area contributed by atoms with Gasteiger partial charge in [0.25, 0.3) is 0 Å². The number of hydrogen-bond acceptors (Lipinski definition) is 3. The first-order valence-electron chi connectivity index (χ1n) is 8.90. The molecular formula is C21H24BrNO3. The second-order valence-electron chi connectivity index (χ2n) is 6.73. The molecule has 5 heteroatoms. The molecule has 26 heavy (non-hydrogen) atoms. The van der Waals surface area contributed by atoms with Crippen LogP contribution in [0.2, 0.25) is 0 Å². The van der Waals surface area contributed by atoms with E-state index < -0.39 is 12.0 Å². The highest BCUT2D eigenvalue weighted by atomic mass is 79.9. The Morgan fingerprint density at radius 2 is 2.00 bits per heavy atom. The summed E-state index contributed by atoms with van der Waals surface area (Å²) in [6, 6.07) is 13.5. The van der Waals surface area contributed by atoms with Gasteiger partial charge in [0.05, 0.1) is 13.2 Å². The fraction of sp³-hybridized carbons (Fsp3) is 0.381. The van der Waals surface area contributed by atoms with Crippen molar-refractivity contribution >= 4 is 21.9 Å². The van der Waals surface area contributed by atoms with Gasteiger partial charge in [-0.05, 0) is 55.6 Å². The highest BCUT2D eigenvalue weighted by Gasteiger charge is 2.36. The van der Waals surface area contributed by atoms with Gasteiger partial charge in [0.15, 0.2) is 0 Å².